The third-order valence-corrected chi connectivity index (χ3v) is 12.3. The fraction of sp³-hybridized carbons (Fsp3) is 0.767. The Labute approximate surface area is 238 Å². The molecule has 3 aliphatic heterocycles. The number of fused-ring (bicyclic) bond motifs is 2. The number of hydrogen-bond donors (Lipinski definition) is 2. The Bertz CT molecular complexity index is 1190. The van der Waals surface area contributed by atoms with E-state index in [4.69, 9.17) is 4.74 Å². The van der Waals surface area contributed by atoms with Gasteiger partial charge < -0.3 is 25.0 Å². The molecule has 1 aromatic carbocycles. The highest BCUT2D eigenvalue weighted by Gasteiger charge is 2.55. The number of anilines is 1. The molecule has 8 rings (SSSR count). The van der Waals surface area contributed by atoms with E-state index in [0.29, 0.717) is 68.5 Å². The molecule has 3 saturated heterocycles. The summed E-state index contributed by atoms with van der Waals surface area (Å²) in [6.45, 7) is 3.07. The molecule has 0 spiro atoms. The van der Waals surface area contributed by atoms with Crippen molar-refractivity contribution in [1.82, 2.24) is 14.5 Å². The standard InChI is InChI=1S/C30H44N4O5S/c1-40(37,38)33-10-8-32(9-11-33)24-4-6-27(7-5-24)39-19-21-14-25-2-3-26(15-21)34(25)29(35)31-28-22-12-20-13-23(28)18-30(36,16-20)17-22/h4-7,20-23,25-26,28,36H,2-3,8-19H2,1H3,(H,31,35). The third kappa shape index (κ3) is 5.09. The van der Waals surface area contributed by atoms with Crippen molar-refractivity contribution in [1.29, 1.82) is 0 Å². The zero-order chi connectivity index (χ0) is 27.6. The summed E-state index contributed by atoms with van der Waals surface area (Å²) < 4.78 is 31.3. The van der Waals surface area contributed by atoms with Gasteiger partial charge in [0, 0.05) is 50.0 Å². The van der Waals surface area contributed by atoms with Crippen LogP contribution in [-0.4, -0.2) is 91.5 Å². The summed E-state index contributed by atoms with van der Waals surface area (Å²) in [5, 5.41) is 14.4. The van der Waals surface area contributed by atoms with Gasteiger partial charge in [0.05, 0.1) is 18.5 Å². The largest absolute Gasteiger partial charge is 0.493 e. The smallest absolute Gasteiger partial charge is 0.318 e. The van der Waals surface area contributed by atoms with Crippen LogP contribution < -0.4 is 15.0 Å². The van der Waals surface area contributed by atoms with Crippen molar-refractivity contribution in [3.63, 3.8) is 0 Å². The number of ether oxygens (including phenoxy) is 1. The minimum absolute atomic E-state index is 0.129. The number of hydrogen-bond acceptors (Lipinski definition) is 6. The molecule has 2 N–H and O–H groups in total. The van der Waals surface area contributed by atoms with Gasteiger partial charge in [-0.1, -0.05) is 0 Å². The molecule has 9 nitrogen and oxygen atoms in total. The lowest BCUT2D eigenvalue weighted by atomic mass is 9.52. The monoisotopic (exact) mass is 572 g/mol. The van der Waals surface area contributed by atoms with Crippen molar-refractivity contribution < 1.29 is 23.1 Å². The number of sulfonamides is 1. The summed E-state index contributed by atoms with van der Waals surface area (Å²) in [5.74, 6) is 2.83. The molecule has 40 heavy (non-hydrogen) atoms. The van der Waals surface area contributed by atoms with Crippen LogP contribution in [0.3, 0.4) is 0 Å². The Balaban J connectivity index is 0.897. The molecule has 4 aliphatic carbocycles. The lowest BCUT2D eigenvalue weighted by Crippen LogP contribution is -2.63. The van der Waals surface area contributed by atoms with Crippen molar-refractivity contribution in [2.24, 2.45) is 23.7 Å². The summed E-state index contributed by atoms with van der Waals surface area (Å²) in [4.78, 5) is 17.9. The molecule has 7 fully saturated rings. The van der Waals surface area contributed by atoms with Gasteiger partial charge in [-0.05, 0) is 106 Å². The number of piperidine rings is 1. The van der Waals surface area contributed by atoms with Crippen molar-refractivity contribution in [3.8, 4) is 5.75 Å². The Morgan fingerprint density at radius 1 is 0.975 bits per heavy atom. The van der Waals surface area contributed by atoms with Crippen LogP contribution in [0, 0.1) is 23.7 Å². The topological polar surface area (TPSA) is 102 Å². The van der Waals surface area contributed by atoms with Crippen LogP contribution in [0.4, 0.5) is 10.5 Å². The molecule has 220 valence electrons. The van der Waals surface area contributed by atoms with Gasteiger partial charge in [-0.3, -0.25) is 0 Å². The van der Waals surface area contributed by atoms with E-state index >= 15 is 0 Å². The maximum atomic E-state index is 13.5. The first-order valence-corrected chi connectivity index (χ1v) is 17.2. The molecule has 6 bridgehead atoms. The quantitative estimate of drug-likeness (QED) is 0.544. The maximum Gasteiger partial charge on any atom is 0.318 e. The Hall–Kier alpha value is -2.04. The normalized spacial score (nSPS) is 39.0. The lowest BCUT2D eigenvalue weighted by Gasteiger charge is -2.58. The minimum atomic E-state index is -3.13. The highest BCUT2D eigenvalue weighted by molar-refractivity contribution is 7.88. The van der Waals surface area contributed by atoms with Crippen LogP contribution in [0.5, 0.6) is 5.75 Å². The lowest BCUT2D eigenvalue weighted by molar-refractivity contribution is -0.137. The molecule has 3 heterocycles. The molecule has 10 heteroatoms. The Kier molecular flexibility index (Phi) is 6.74. The first-order chi connectivity index (χ1) is 19.1. The number of piperazine rings is 1. The SMILES string of the molecule is CS(=O)(=O)N1CCN(c2ccc(OCC3CC4CCC(C3)N4C(=O)NC3C4CC5CC3CC(O)(C5)C4)cc2)CC1. The van der Waals surface area contributed by atoms with E-state index in [2.05, 4.69) is 27.2 Å². The number of benzene rings is 1. The number of nitrogens with one attached hydrogen (secondary N) is 1. The van der Waals surface area contributed by atoms with Crippen molar-refractivity contribution in [2.75, 3.05) is 43.9 Å². The van der Waals surface area contributed by atoms with E-state index in [0.717, 1.165) is 69.2 Å². The number of carbonyl (C=O) groups excluding carboxylic acids is 1. The summed E-state index contributed by atoms with van der Waals surface area (Å²) in [6, 6.07) is 9.09. The summed E-state index contributed by atoms with van der Waals surface area (Å²) in [5.41, 5.74) is 0.622. The number of urea groups is 1. The van der Waals surface area contributed by atoms with Gasteiger partial charge >= 0.3 is 6.03 Å². The average molecular weight is 573 g/mol. The van der Waals surface area contributed by atoms with Gasteiger partial charge in [-0.15, -0.1) is 0 Å². The molecule has 1 aromatic rings. The van der Waals surface area contributed by atoms with E-state index in [9.17, 15) is 18.3 Å². The molecular weight excluding hydrogens is 528 g/mol. The van der Waals surface area contributed by atoms with E-state index < -0.39 is 15.6 Å². The van der Waals surface area contributed by atoms with Crippen LogP contribution in [0.2, 0.25) is 0 Å². The van der Waals surface area contributed by atoms with Gasteiger partial charge in [0.15, 0.2) is 0 Å². The van der Waals surface area contributed by atoms with Crippen molar-refractivity contribution in [2.45, 2.75) is 81.5 Å². The number of rotatable bonds is 6. The molecule has 4 saturated carbocycles. The zero-order valence-electron chi connectivity index (χ0n) is 23.6. The van der Waals surface area contributed by atoms with E-state index in [1.165, 1.54) is 10.6 Å². The van der Waals surface area contributed by atoms with Crippen LogP contribution >= 0.6 is 0 Å². The van der Waals surface area contributed by atoms with Crippen molar-refractivity contribution in [3.05, 3.63) is 24.3 Å². The van der Waals surface area contributed by atoms with Crippen LogP contribution in [-0.2, 0) is 10.0 Å². The zero-order valence-corrected chi connectivity index (χ0v) is 24.4. The number of aliphatic hydroxyl groups is 1. The minimum Gasteiger partial charge on any atom is -0.493 e. The predicted octanol–water partition coefficient (Wildman–Crippen LogP) is 3.04. The van der Waals surface area contributed by atoms with E-state index in [-0.39, 0.29) is 12.1 Å². The molecule has 4 unspecified atom stereocenters. The van der Waals surface area contributed by atoms with E-state index in [1.54, 1.807) is 0 Å². The van der Waals surface area contributed by atoms with Gasteiger partial charge in [-0.25, -0.2) is 13.2 Å². The van der Waals surface area contributed by atoms with E-state index in [1.807, 2.05) is 12.1 Å². The molecule has 0 aromatic heterocycles. The summed E-state index contributed by atoms with van der Waals surface area (Å²) >= 11 is 0. The summed E-state index contributed by atoms with van der Waals surface area (Å²) in [7, 11) is -3.13. The number of carbonyl (C=O) groups is 1. The van der Waals surface area contributed by atoms with Crippen molar-refractivity contribution >= 4 is 21.7 Å². The molecular formula is C30H44N4O5S. The Morgan fingerprint density at radius 3 is 2.17 bits per heavy atom. The highest BCUT2D eigenvalue weighted by Crippen LogP contribution is 2.55. The van der Waals surface area contributed by atoms with Crippen LogP contribution in [0.25, 0.3) is 0 Å². The number of amides is 2. The van der Waals surface area contributed by atoms with Gasteiger partial charge in [0.2, 0.25) is 10.0 Å². The average Bonchev–Trinajstić information content (AvgIpc) is 3.18. The second-order valence-corrected chi connectivity index (χ2v) is 15.7. The first-order valence-electron chi connectivity index (χ1n) is 15.4. The highest BCUT2D eigenvalue weighted by atomic mass is 32.2. The fourth-order valence-corrected chi connectivity index (χ4v) is 10.3. The van der Waals surface area contributed by atoms with Gasteiger partial charge in [0.1, 0.15) is 5.75 Å². The van der Waals surface area contributed by atoms with Gasteiger partial charge in [-0.2, -0.15) is 4.31 Å². The molecule has 2 amide bonds. The maximum absolute atomic E-state index is 13.5. The Morgan fingerprint density at radius 2 is 1.60 bits per heavy atom. The molecule has 7 aliphatic rings. The molecule has 0 radical (unpaired) electrons. The summed E-state index contributed by atoms with van der Waals surface area (Å²) in [6.07, 6.45) is 10.4. The molecule has 4 atom stereocenters. The second-order valence-electron chi connectivity index (χ2n) is 13.8. The van der Waals surface area contributed by atoms with Crippen LogP contribution in [0.15, 0.2) is 24.3 Å². The fourth-order valence-electron chi connectivity index (χ4n) is 9.44. The predicted molar refractivity (Wildman–Crippen MR) is 153 cm³/mol. The first kappa shape index (κ1) is 26.8. The second kappa shape index (κ2) is 10.1. The number of nitrogens with zero attached hydrogens (tertiary/aromatic N) is 3. The third-order valence-electron chi connectivity index (χ3n) is 11.0. The van der Waals surface area contributed by atoms with Crippen LogP contribution in [0.1, 0.15) is 57.8 Å². The van der Waals surface area contributed by atoms with Gasteiger partial charge in [0.25, 0.3) is 0 Å².